The molecule has 0 radical (unpaired) electrons. The monoisotopic (exact) mass is 189 g/mol. The first-order valence-corrected chi connectivity index (χ1v) is 4.31. The summed E-state index contributed by atoms with van der Waals surface area (Å²) in [6.45, 7) is 6.20. The predicted molar refractivity (Wildman–Crippen MR) is 50.3 cm³/mol. The molecule has 0 fully saturated rings. The Bertz CT molecular complexity index is 163. The third-order valence-electron chi connectivity index (χ3n) is 1.39. The van der Waals surface area contributed by atoms with Crippen molar-refractivity contribution in [2.45, 2.75) is 38.8 Å². The summed E-state index contributed by atoms with van der Waals surface area (Å²) < 4.78 is 9.88. The molecule has 2 N–H and O–H groups in total. The van der Waals surface area contributed by atoms with Crippen LogP contribution in [0.1, 0.15) is 27.2 Å². The minimum absolute atomic E-state index is 0.201. The molecule has 0 heterocycles. The van der Waals surface area contributed by atoms with Crippen molar-refractivity contribution >= 4 is 5.97 Å². The van der Waals surface area contributed by atoms with E-state index in [1.807, 2.05) is 20.8 Å². The minimum Gasteiger partial charge on any atom is -0.469 e. The Morgan fingerprint density at radius 2 is 2.00 bits per heavy atom. The van der Waals surface area contributed by atoms with Crippen LogP contribution >= 0.6 is 0 Å². The molecule has 0 aromatic heterocycles. The first kappa shape index (κ1) is 12.4. The molecule has 0 aliphatic heterocycles. The Kier molecular flexibility index (Phi) is 4.95. The van der Waals surface area contributed by atoms with Crippen molar-refractivity contribution in [3.63, 3.8) is 0 Å². The molecular formula is C9H19NO3. The van der Waals surface area contributed by atoms with E-state index in [1.54, 1.807) is 0 Å². The van der Waals surface area contributed by atoms with Gasteiger partial charge in [-0.25, -0.2) is 0 Å². The highest BCUT2D eigenvalue weighted by atomic mass is 16.5. The molecule has 0 aliphatic carbocycles. The van der Waals surface area contributed by atoms with Crippen molar-refractivity contribution in [3.8, 4) is 0 Å². The molecule has 0 spiro atoms. The molecule has 4 heteroatoms. The summed E-state index contributed by atoms with van der Waals surface area (Å²) >= 11 is 0. The molecule has 1 atom stereocenters. The SMILES string of the molecule is COC(=O)C[C@@H](N)COC(C)(C)C. The standard InChI is InChI=1S/C9H19NO3/c1-9(2,3)13-6-7(10)5-8(11)12-4/h7H,5-6,10H2,1-4H3/t7-/m1/s1. The second-order valence-corrected chi connectivity index (χ2v) is 3.96. The zero-order valence-electron chi connectivity index (χ0n) is 8.79. The first-order chi connectivity index (χ1) is 5.85. The highest BCUT2D eigenvalue weighted by Gasteiger charge is 2.15. The van der Waals surface area contributed by atoms with E-state index in [0.29, 0.717) is 6.61 Å². The molecule has 0 rings (SSSR count). The van der Waals surface area contributed by atoms with Crippen LogP contribution in [0.5, 0.6) is 0 Å². The topological polar surface area (TPSA) is 61.5 Å². The maximum atomic E-state index is 10.8. The zero-order chi connectivity index (χ0) is 10.5. The summed E-state index contributed by atoms with van der Waals surface area (Å²) in [6, 6.07) is -0.285. The Hall–Kier alpha value is -0.610. The fraction of sp³-hybridized carbons (Fsp3) is 0.889. The Labute approximate surface area is 79.4 Å². The van der Waals surface area contributed by atoms with Gasteiger partial charge in [0.25, 0.3) is 0 Å². The van der Waals surface area contributed by atoms with Crippen LogP contribution in [-0.4, -0.2) is 31.3 Å². The molecule has 0 aliphatic rings. The number of esters is 1. The van der Waals surface area contributed by atoms with Crippen LogP contribution in [-0.2, 0) is 14.3 Å². The van der Waals surface area contributed by atoms with E-state index in [9.17, 15) is 4.79 Å². The molecule has 13 heavy (non-hydrogen) atoms. The van der Waals surface area contributed by atoms with Gasteiger partial charge >= 0.3 is 5.97 Å². The summed E-state index contributed by atoms with van der Waals surface area (Å²) in [6.07, 6.45) is 0.201. The number of hydrogen-bond donors (Lipinski definition) is 1. The van der Waals surface area contributed by atoms with E-state index in [4.69, 9.17) is 10.5 Å². The van der Waals surface area contributed by atoms with Gasteiger partial charge in [0.15, 0.2) is 0 Å². The van der Waals surface area contributed by atoms with Gasteiger partial charge < -0.3 is 15.2 Å². The molecule has 0 amide bonds. The molecule has 4 nitrogen and oxygen atoms in total. The summed E-state index contributed by atoms with van der Waals surface area (Å²) in [7, 11) is 1.35. The Balaban J connectivity index is 3.63. The molecule has 0 saturated carbocycles. The summed E-state index contributed by atoms with van der Waals surface area (Å²) in [5, 5.41) is 0. The van der Waals surface area contributed by atoms with E-state index in [2.05, 4.69) is 4.74 Å². The van der Waals surface area contributed by atoms with Crippen molar-refractivity contribution in [1.82, 2.24) is 0 Å². The number of nitrogens with two attached hydrogens (primary N) is 1. The highest BCUT2D eigenvalue weighted by molar-refractivity contribution is 5.69. The quantitative estimate of drug-likeness (QED) is 0.661. The van der Waals surface area contributed by atoms with Crippen molar-refractivity contribution in [2.75, 3.05) is 13.7 Å². The Morgan fingerprint density at radius 1 is 1.46 bits per heavy atom. The van der Waals surface area contributed by atoms with Crippen LogP contribution in [0.25, 0.3) is 0 Å². The summed E-state index contributed by atoms with van der Waals surface area (Å²) in [5.74, 6) is -0.301. The lowest BCUT2D eigenvalue weighted by molar-refractivity contribution is -0.141. The van der Waals surface area contributed by atoms with Crippen LogP contribution in [0.15, 0.2) is 0 Å². The van der Waals surface area contributed by atoms with Gasteiger partial charge in [-0.1, -0.05) is 0 Å². The number of methoxy groups -OCH3 is 1. The van der Waals surface area contributed by atoms with E-state index in [0.717, 1.165) is 0 Å². The van der Waals surface area contributed by atoms with Crippen LogP contribution in [0.3, 0.4) is 0 Å². The second kappa shape index (κ2) is 5.19. The molecule has 0 aromatic rings. The normalized spacial score (nSPS) is 13.9. The van der Waals surface area contributed by atoms with Crippen LogP contribution in [0.4, 0.5) is 0 Å². The lowest BCUT2D eigenvalue weighted by atomic mass is 10.2. The molecular weight excluding hydrogens is 170 g/mol. The average molecular weight is 189 g/mol. The van der Waals surface area contributed by atoms with Gasteiger partial charge in [-0.3, -0.25) is 4.79 Å². The van der Waals surface area contributed by atoms with Crippen molar-refractivity contribution in [1.29, 1.82) is 0 Å². The minimum atomic E-state index is -0.301. The molecule has 0 aromatic carbocycles. The summed E-state index contributed by atoms with van der Waals surface area (Å²) in [5.41, 5.74) is 5.42. The number of ether oxygens (including phenoxy) is 2. The van der Waals surface area contributed by atoms with Gasteiger partial charge in [0.05, 0.1) is 25.7 Å². The smallest absolute Gasteiger partial charge is 0.307 e. The number of carbonyl (C=O) groups excluding carboxylic acids is 1. The van der Waals surface area contributed by atoms with Gasteiger partial charge in [0.2, 0.25) is 0 Å². The van der Waals surface area contributed by atoms with Crippen molar-refractivity contribution in [2.24, 2.45) is 5.73 Å². The third-order valence-corrected chi connectivity index (χ3v) is 1.39. The van der Waals surface area contributed by atoms with E-state index >= 15 is 0 Å². The predicted octanol–water partition coefficient (Wildman–Crippen LogP) is 0.692. The van der Waals surface area contributed by atoms with E-state index < -0.39 is 0 Å². The average Bonchev–Trinajstić information content (AvgIpc) is 1.99. The lowest BCUT2D eigenvalue weighted by Crippen LogP contribution is -2.33. The van der Waals surface area contributed by atoms with E-state index in [-0.39, 0.29) is 24.0 Å². The third kappa shape index (κ3) is 7.74. The number of carbonyl (C=O) groups is 1. The van der Waals surface area contributed by atoms with Gasteiger partial charge in [0, 0.05) is 6.04 Å². The van der Waals surface area contributed by atoms with Crippen molar-refractivity contribution < 1.29 is 14.3 Å². The molecule has 0 bridgehead atoms. The zero-order valence-corrected chi connectivity index (χ0v) is 8.79. The van der Waals surface area contributed by atoms with Gasteiger partial charge in [-0.15, -0.1) is 0 Å². The molecule has 78 valence electrons. The van der Waals surface area contributed by atoms with Gasteiger partial charge in [-0.05, 0) is 20.8 Å². The van der Waals surface area contributed by atoms with Crippen LogP contribution in [0, 0.1) is 0 Å². The van der Waals surface area contributed by atoms with Crippen LogP contribution in [0.2, 0.25) is 0 Å². The number of hydrogen-bond acceptors (Lipinski definition) is 4. The van der Waals surface area contributed by atoms with E-state index in [1.165, 1.54) is 7.11 Å². The Morgan fingerprint density at radius 3 is 2.38 bits per heavy atom. The molecule has 0 saturated heterocycles. The second-order valence-electron chi connectivity index (χ2n) is 3.96. The molecule has 0 unspecified atom stereocenters. The highest BCUT2D eigenvalue weighted by Crippen LogP contribution is 2.07. The first-order valence-electron chi connectivity index (χ1n) is 4.31. The summed E-state index contributed by atoms with van der Waals surface area (Å²) in [4.78, 5) is 10.8. The van der Waals surface area contributed by atoms with Crippen LogP contribution < -0.4 is 5.73 Å². The fourth-order valence-electron chi connectivity index (χ4n) is 0.713. The maximum Gasteiger partial charge on any atom is 0.307 e. The fourth-order valence-corrected chi connectivity index (χ4v) is 0.713. The maximum absolute atomic E-state index is 10.8. The largest absolute Gasteiger partial charge is 0.469 e. The van der Waals surface area contributed by atoms with Gasteiger partial charge in [-0.2, -0.15) is 0 Å². The lowest BCUT2D eigenvalue weighted by Gasteiger charge is -2.21. The number of rotatable bonds is 4. The van der Waals surface area contributed by atoms with Gasteiger partial charge in [0.1, 0.15) is 0 Å². The van der Waals surface area contributed by atoms with Crippen molar-refractivity contribution in [3.05, 3.63) is 0 Å².